The van der Waals surface area contributed by atoms with Gasteiger partial charge in [0.2, 0.25) is 0 Å². The van der Waals surface area contributed by atoms with Crippen LogP contribution in [-0.4, -0.2) is 38.0 Å². The molecule has 0 atom stereocenters. The largest absolute Gasteiger partial charge is 0.379 e. The van der Waals surface area contributed by atoms with Crippen molar-refractivity contribution in [1.82, 2.24) is 5.32 Å². The molecule has 0 aromatic heterocycles. The molecule has 0 spiro atoms. The molecule has 2 fully saturated rings. The molecule has 3 heteroatoms. The van der Waals surface area contributed by atoms with E-state index in [2.05, 4.69) is 12.2 Å². The predicted octanol–water partition coefficient (Wildman–Crippen LogP) is 3.52. The average Bonchev–Trinajstić information content (AvgIpc) is 3.29. The van der Waals surface area contributed by atoms with Gasteiger partial charge in [-0.05, 0) is 51.4 Å². The van der Waals surface area contributed by atoms with Crippen molar-refractivity contribution in [2.45, 2.75) is 76.9 Å². The summed E-state index contributed by atoms with van der Waals surface area (Å²) in [6, 6.07) is 0.774. The Bertz CT molecular complexity index is 252. The van der Waals surface area contributed by atoms with Crippen LogP contribution < -0.4 is 5.32 Å². The van der Waals surface area contributed by atoms with E-state index in [1.165, 1.54) is 51.4 Å². The van der Waals surface area contributed by atoms with E-state index < -0.39 is 0 Å². The standard InChI is InChI=1S/C17H33NO2/c1-3-5-15-8-10-17(11-9-15,14-18-16-6-7-16)20-13-12-19-4-2/h15-16,18H,3-14H2,1-2H3. The van der Waals surface area contributed by atoms with E-state index in [-0.39, 0.29) is 5.60 Å². The quantitative estimate of drug-likeness (QED) is 0.622. The highest BCUT2D eigenvalue weighted by atomic mass is 16.5. The third kappa shape index (κ3) is 5.34. The van der Waals surface area contributed by atoms with Gasteiger partial charge in [0, 0.05) is 19.2 Å². The Morgan fingerprint density at radius 2 is 1.80 bits per heavy atom. The molecule has 2 rings (SSSR count). The number of nitrogens with one attached hydrogen (secondary N) is 1. The molecule has 0 radical (unpaired) electrons. The monoisotopic (exact) mass is 283 g/mol. The van der Waals surface area contributed by atoms with Gasteiger partial charge in [-0.1, -0.05) is 19.8 Å². The Hall–Kier alpha value is -0.120. The van der Waals surface area contributed by atoms with Crippen molar-refractivity contribution in [3.63, 3.8) is 0 Å². The van der Waals surface area contributed by atoms with Crippen LogP contribution in [0.3, 0.4) is 0 Å². The maximum absolute atomic E-state index is 6.29. The molecule has 0 amide bonds. The predicted molar refractivity (Wildman–Crippen MR) is 83.1 cm³/mol. The Kier molecular flexibility index (Phi) is 6.79. The van der Waals surface area contributed by atoms with Gasteiger partial charge < -0.3 is 14.8 Å². The van der Waals surface area contributed by atoms with Crippen molar-refractivity contribution < 1.29 is 9.47 Å². The molecule has 2 aliphatic rings. The smallest absolute Gasteiger partial charge is 0.0807 e. The first-order valence-corrected chi connectivity index (χ1v) is 8.73. The van der Waals surface area contributed by atoms with Crippen LogP contribution in [0, 0.1) is 5.92 Å². The van der Waals surface area contributed by atoms with E-state index in [0.717, 1.165) is 38.3 Å². The summed E-state index contributed by atoms with van der Waals surface area (Å²) in [7, 11) is 0. The molecule has 1 N–H and O–H groups in total. The zero-order chi connectivity index (χ0) is 14.3. The fraction of sp³-hybridized carbons (Fsp3) is 1.00. The van der Waals surface area contributed by atoms with E-state index in [1.807, 2.05) is 6.92 Å². The summed E-state index contributed by atoms with van der Waals surface area (Å²) in [6.07, 6.45) is 10.6. The van der Waals surface area contributed by atoms with Gasteiger partial charge in [-0.3, -0.25) is 0 Å². The van der Waals surface area contributed by atoms with Gasteiger partial charge in [-0.2, -0.15) is 0 Å². The topological polar surface area (TPSA) is 30.5 Å². The third-order valence-corrected chi connectivity index (χ3v) is 4.84. The minimum atomic E-state index is 0.0872. The zero-order valence-electron chi connectivity index (χ0n) is 13.5. The van der Waals surface area contributed by atoms with Crippen molar-refractivity contribution in [3.05, 3.63) is 0 Å². The molecule has 2 saturated carbocycles. The van der Waals surface area contributed by atoms with Crippen LogP contribution in [0.25, 0.3) is 0 Å². The summed E-state index contributed by atoms with van der Waals surface area (Å²) in [6.45, 7) is 7.66. The number of hydrogen-bond donors (Lipinski definition) is 1. The Morgan fingerprint density at radius 1 is 1.05 bits per heavy atom. The Balaban J connectivity index is 1.77. The van der Waals surface area contributed by atoms with E-state index in [0.29, 0.717) is 0 Å². The van der Waals surface area contributed by atoms with E-state index >= 15 is 0 Å². The zero-order valence-corrected chi connectivity index (χ0v) is 13.5. The van der Waals surface area contributed by atoms with Crippen molar-refractivity contribution >= 4 is 0 Å². The average molecular weight is 283 g/mol. The molecule has 0 heterocycles. The number of ether oxygens (including phenoxy) is 2. The molecule has 0 bridgehead atoms. The lowest BCUT2D eigenvalue weighted by Crippen LogP contribution is -2.47. The van der Waals surface area contributed by atoms with Gasteiger partial charge in [0.1, 0.15) is 0 Å². The molecular formula is C17H33NO2. The molecule has 0 aromatic rings. The van der Waals surface area contributed by atoms with Gasteiger partial charge in [0.25, 0.3) is 0 Å². The normalized spacial score (nSPS) is 30.6. The molecule has 0 aromatic carbocycles. The van der Waals surface area contributed by atoms with Crippen LogP contribution in [0.2, 0.25) is 0 Å². The highest BCUT2D eigenvalue weighted by Gasteiger charge is 2.37. The first kappa shape index (κ1) is 16.3. The minimum Gasteiger partial charge on any atom is -0.379 e. The second kappa shape index (κ2) is 8.35. The van der Waals surface area contributed by atoms with E-state index in [9.17, 15) is 0 Å². The van der Waals surface area contributed by atoms with E-state index in [4.69, 9.17) is 9.47 Å². The van der Waals surface area contributed by atoms with Gasteiger partial charge in [-0.15, -0.1) is 0 Å². The van der Waals surface area contributed by atoms with Crippen LogP contribution in [0.4, 0.5) is 0 Å². The van der Waals surface area contributed by atoms with Crippen LogP contribution in [0.1, 0.15) is 65.2 Å². The summed E-state index contributed by atoms with van der Waals surface area (Å²) >= 11 is 0. The molecule has 118 valence electrons. The highest BCUT2D eigenvalue weighted by Crippen LogP contribution is 2.37. The second-order valence-corrected chi connectivity index (χ2v) is 6.62. The van der Waals surface area contributed by atoms with Gasteiger partial charge >= 0.3 is 0 Å². The van der Waals surface area contributed by atoms with Crippen LogP contribution in [0.5, 0.6) is 0 Å². The molecule has 20 heavy (non-hydrogen) atoms. The highest BCUT2D eigenvalue weighted by molar-refractivity contribution is 4.92. The summed E-state index contributed by atoms with van der Waals surface area (Å²) in [5.41, 5.74) is 0.0872. The van der Waals surface area contributed by atoms with Crippen LogP contribution >= 0.6 is 0 Å². The molecule has 3 nitrogen and oxygen atoms in total. The fourth-order valence-electron chi connectivity index (χ4n) is 3.35. The fourth-order valence-corrected chi connectivity index (χ4v) is 3.35. The molecule has 2 aliphatic carbocycles. The summed E-state index contributed by atoms with van der Waals surface area (Å²) < 4.78 is 11.7. The SMILES string of the molecule is CCCC1CCC(CNC2CC2)(OCCOCC)CC1. The first-order valence-electron chi connectivity index (χ1n) is 8.73. The minimum absolute atomic E-state index is 0.0872. The number of rotatable bonds is 10. The first-order chi connectivity index (χ1) is 9.78. The van der Waals surface area contributed by atoms with Crippen molar-refractivity contribution in [3.8, 4) is 0 Å². The molecule has 0 saturated heterocycles. The van der Waals surface area contributed by atoms with Crippen molar-refractivity contribution in [2.24, 2.45) is 5.92 Å². The van der Waals surface area contributed by atoms with Gasteiger partial charge in [-0.25, -0.2) is 0 Å². The van der Waals surface area contributed by atoms with Crippen molar-refractivity contribution in [1.29, 1.82) is 0 Å². The van der Waals surface area contributed by atoms with Crippen LogP contribution in [0.15, 0.2) is 0 Å². The molecule has 0 aliphatic heterocycles. The number of hydrogen-bond acceptors (Lipinski definition) is 3. The Morgan fingerprint density at radius 3 is 2.40 bits per heavy atom. The summed E-state index contributed by atoms with van der Waals surface area (Å²) in [4.78, 5) is 0. The summed E-state index contributed by atoms with van der Waals surface area (Å²) in [5.74, 6) is 0.935. The maximum atomic E-state index is 6.29. The lowest BCUT2D eigenvalue weighted by molar-refractivity contribution is -0.0925. The summed E-state index contributed by atoms with van der Waals surface area (Å²) in [5, 5.41) is 3.69. The molecular weight excluding hydrogens is 250 g/mol. The lowest BCUT2D eigenvalue weighted by atomic mass is 9.77. The second-order valence-electron chi connectivity index (χ2n) is 6.62. The molecule has 0 unspecified atom stereocenters. The van der Waals surface area contributed by atoms with Crippen LogP contribution in [-0.2, 0) is 9.47 Å². The Labute approximate surface area is 124 Å². The third-order valence-electron chi connectivity index (χ3n) is 4.84. The van der Waals surface area contributed by atoms with Gasteiger partial charge in [0.15, 0.2) is 0 Å². The van der Waals surface area contributed by atoms with Gasteiger partial charge in [0.05, 0.1) is 18.8 Å². The van der Waals surface area contributed by atoms with Crippen molar-refractivity contribution in [2.75, 3.05) is 26.4 Å². The van der Waals surface area contributed by atoms with E-state index in [1.54, 1.807) is 0 Å². The lowest BCUT2D eigenvalue weighted by Gasteiger charge is -2.40. The maximum Gasteiger partial charge on any atom is 0.0807 e.